The SMILES string of the molecule is C.Cl.Cl.NCCc1cccnc1.Nc1ccc(NCCc2cccnc2)cc1.O=[N+]([O-])c1ccc(F)cc1.O=[N+]([O-])c1ccc(NCCc2cccnc2)cc1. The van der Waals surface area contributed by atoms with E-state index < -0.39 is 15.7 Å². The number of nitro benzene ring substituents is 2. The van der Waals surface area contributed by atoms with Crippen molar-refractivity contribution in [3.63, 3.8) is 0 Å². The van der Waals surface area contributed by atoms with Gasteiger partial charge in [-0.3, -0.25) is 35.2 Å². The predicted molar refractivity (Wildman–Crippen MR) is 228 cm³/mol. The van der Waals surface area contributed by atoms with Gasteiger partial charge in [0.05, 0.1) is 9.85 Å². The van der Waals surface area contributed by atoms with Gasteiger partial charge >= 0.3 is 0 Å². The van der Waals surface area contributed by atoms with E-state index in [1.807, 2.05) is 73.2 Å². The normalized spacial score (nSPS) is 9.25. The Morgan fingerprint density at radius 2 is 0.929 bits per heavy atom. The number of benzene rings is 3. The second-order valence-electron chi connectivity index (χ2n) is 11.1. The van der Waals surface area contributed by atoms with Gasteiger partial charge in [-0.15, -0.1) is 24.8 Å². The van der Waals surface area contributed by atoms with Crippen molar-refractivity contribution in [2.45, 2.75) is 26.7 Å². The fourth-order valence-corrected chi connectivity index (χ4v) is 4.37. The number of nitrogen functional groups attached to an aromatic ring is 1. The van der Waals surface area contributed by atoms with Gasteiger partial charge in [0.2, 0.25) is 0 Å². The van der Waals surface area contributed by atoms with E-state index in [1.54, 1.807) is 30.7 Å². The minimum Gasteiger partial charge on any atom is -0.399 e. The zero-order valence-electron chi connectivity index (χ0n) is 29.8. The molecule has 3 aromatic heterocycles. The molecule has 0 spiro atoms. The molecule has 0 atom stereocenters. The van der Waals surface area contributed by atoms with E-state index in [0.717, 1.165) is 79.2 Å². The third kappa shape index (κ3) is 20.9. The Labute approximate surface area is 339 Å². The molecule has 3 aromatic carbocycles. The molecule has 3 heterocycles. The fourth-order valence-electron chi connectivity index (χ4n) is 4.37. The maximum atomic E-state index is 12.1. The van der Waals surface area contributed by atoms with E-state index in [0.29, 0.717) is 6.54 Å². The predicted octanol–water partition coefficient (Wildman–Crippen LogP) is 8.76. The molecule has 0 aliphatic rings. The van der Waals surface area contributed by atoms with E-state index in [9.17, 15) is 24.6 Å². The van der Waals surface area contributed by atoms with Gasteiger partial charge in [-0.2, -0.15) is 0 Å². The van der Waals surface area contributed by atoms with E-state index in [4.69, 9.17) is 11.5 Å². The standard InChI is InChI=1S/C13H13N3O2.C13H15N3.C7H10N2.C6H4FNO2.CH4.2ClH/c17-16(18)13-5-3-12(4-6-13)15-9-7-11-2-1-8-14-10-11;14-12-3-5-13(6-4-12)16-9-7-11-2-1-8-15-10-11;8-4-3-7-2-1-5-9-6-7;7-5-1-3-6(4-2-5)8(9)10;;;/h1-6,8,10,15H,7,9H2;1-6,8,10,16H,7,9,14H2;1-2,5-6H,3-4,8H2;1-4H;1H4;2*1H. The molecule has 0 amide bonds. The summed E-state index contributed by atoms with van der Waals surface area (Å²) in [6.45, 7) is 2.37. The average Bonchev–Trinajstić information content (AvgIpc) is 3.18. The minimum atomic E-state index is -0.570. The summed E-state index contributed by atoms with van der Waals surface area (Å²) in [5, 5.41) is 27.0. The summed E-state index contributed by atoms with van der Waals surface area (Å²) in [6, 6.07) is 30.4. The van der Waals surface area contributed by atoms with Crippen molar-refractivity contribution in [3.05, 3.63) is 189 Å². The van der Waals surface area contributed by atoms with Crippen LogP contribution in [0.25, 0.3) is 0 Å². The molecule has 298 valence electrons. The number of rotatable bonds is 12. The van der Waals surface area contributed by atoms with Crippen molar-refractivity contribution in [1.82, 2.24) is 15.0 Å². The molecule has 56 heavy (non-hydrogen) atoms. The van der Waals surface area contributed by atoms with Crippen molar-refractivity contribution < 1.29 is 14.2 Å². The number of anilines is 3. The molecule has 6 rings (SSSR count). The third-order valence-electron chi connectivity index (χ3n) is 7.11. The Morgan fingerprint density at radius 1 is 0.571 bits per heavy atom. The fraction of sp³-hybridized carbons (Fsp3) is 0.175. The highest BCUT2D eigenvalue weighted by molar-refractivity contribution is 5.85. The molecular formula is C40H48Cl2FN9O4. The Balaban J connectivity index is 0.000000734. The van der Waals surface area contributed by atoms with Crippen LogP contribution in [0.3, 0.4) is 0 Å². The summed E-state index contributed by atoms with van der Waals surface area (Å²) in [4.78, 5) is 31.6. The van der Waals surface area contributed by atoms with Crippen molar-refractivity contribution in [3.8, 4) is 0 Å². The van der Waals surface area contributed by atoms with Gasteiger partial charge < -0.3 is 22.1 Å². The molecule has 0 aliphatic heterocycles. The van der Waals surface area contributed by atoms with Crippen LogP contribution >= 0.6 is 24.8 Å². The van der Waals surface area contributed by atoms with Gasteiger partial charge in [0.1, 0.15) is 5.82 Å². The van der Waals surface area contributed by atoms with Crippen molar-refractivity contribution in [1.29, 1.82) is 0 Å². The second kappa shape index (κ2) is 29.2. The first-order valence-electron chi connectivity index (χ1n) is 16.6. The number of nitro groups is 2. The largest absolute Gasteiger partial charge is 0.399 e. The zero-order chi connectivity index (χ0) is 38.1. The number of hydrogen-bond acceptors (Lipinski definition) is 11. The second-order valence-corrected chi connectivity index (χ2v) is 11.1. The lowest BCUT2D eigenvalue weighted by Crippen LogP contribution is -2.04. The molecular weight excluding hydrogens is 760 g/mol. The van der Waals surface area contributed by atoms with Gasteiger partial charge in [-0.25, -0.2) is 4.39 Å². The average molecular weight is 809 g/mol. The number of non-ortho nitro benzene ring substituents is 2. The zero-order valence-corrected chi connectivity index (χ0v) is 31.5. The summed E-state index contributed by atoms with van der Waals surface area (Å²) in [5.41, 5.74) is 17.3. The summed E-state index contributed by atoms with van der Waals surface area (Å²) in [7, 11) is 0. The molecule has 16 heteroatoms. The van der Waals surface area contributed by atoms with Gasteiger partial charge in [0, 0.05) is 91.6 Å². The van der Waals surface area contributed by atoms with Crippen LogP contribution in [0.2, 0.25) is 0 Å². The monoisotopic (exact) mass is 807 g/mol. The topological polar surface area (TPSA) is 201 Å². The number of nitrogens with zero attached hydrogens (tertiary/aromatic N) is 5. The maximum Gasteiger partial charge on any atom is 0.269 e. The Morgan fingerprint density at radius 3 is 1.27 bits per heavy atom. The van der Waals surface area contributed by atoms with Gasteiger partial charge in [0.25, 0.3) is 11.4 Å². The van der Waals surface area contributed by atoms with Crippen molar-refractivity contribution in [2.75, 3.05) is 36.0 Å². The van der Waals surface area contributed by atoms with Crippen LogP contribution in [0.1, 0.15) is 24.1 Å². The number of nitrogens with one attached hydrogen (secondary N) is 2. The first-order chi connectivity index (χ1) is 25.7. The van der Waals surface area contributed by atoms with Crippen LogP contribution in [0.5, 0.6) is 0 Å². The first-order valence-corrected chi connectivity index (χ1v) is 16.6. The molecule has 6 aromatic rings. The Bertz CT molecular complexity index is 1900. The number of halogens is 3. The highest BCUT2D eigenvalue weighted by atomic mass is 35.5. The number of pyridine rings is 3. The summed E-state index contributed by atoms with van der Waals surface area (Å²) < 4.78 is 12.1. The Kier molecular flexibility index (Phi) is 25.9. The lowest BCUT2D eigenvalue weighted by Gasteiger charge is -2.06. The van der Waals surface area contributed by atoms with Crippen LogP contribution in [0.15, 0.2) is 146 Å². The third-order valence-corrected chi connectivity index (χ3v) is 7.11. The highest BCUT2D eigenvalue weighted by Gasteiger charge is 2.04. The lowest BCUT2D eigenvalue weighted by molar-refractivity contribution is -0.385. The first kappa shape index (κ1) is 49.8. The highest BCUT2D eigenvalue weighted by Crippen LogP contribution is 2.15. The molecule has 6 N–H and O–H groups in total. The van der Waals surface area contributed by atoms with Crippen LogP contribution in [0, 0.1) is 26.0 Å². The van der Waals surface area contributed by atoms with Gasteiger partial charge in [-0.1, -0.05) is 25.6 Å². The van der Waals surface area contributed by atoms with Gasteiger partial charge in [0.15, 0.2) is 0 Å². The van der Waals surface area contributed by atoms with E-state index in [2.05, 4.69) is 31.7 Å². The van der Waals surface area contributed by atoms with Crippen LogP contribution in [0.4, 0.5) is 32.8 Å². The number of nitrogens with two attached hydrogens (primary N) is 2. The molecule has 0 saturated heterocycles. The summed E-state index contributed by atoms with van der Waals surface area (Å²) >= 11 is 0. The minimum absolute atomic E-state index is 0. The smallest absolute Gasteiger partial charge is 0.269 e. The van der Waals surface area contributed by atoms with E-state index in [1.165, 1.54) is 23.3 Å². The molecule has 0 unspecified atom stereocenters. The van der Waals surface area contributed by atoms with Crippen LogP contribution in [-0.2, 0) is 19.3 Å². The van der Waals surface area contributed by atoms with Crippen LogP contribution in [-0.4, -0.2) is 44.4 Å². The van der Waals surface area contributed by atoms with Crippen molar-refractivity contribution >= 4 is 53.3 Å². The summed E-state index contributed by atoms with van der Waals surface area (Å²) in [5.74, 6) is -0.467. The Hall–Kier alpha value is -6.22. The molecule has 0 radical (unpaired) electrons. The molecule has 0 saturated carbocycles. The lowest BCUT2D eigenvalue weighted by atomic mass is 10.2. The quantitative estimate of drug-likeness (QED) is 0.0523. The molecule has 0 aliphatic carbocycles. The number of aromatic nitrogens is 3. The maximum absolute atomic E-state index is 12.1. The molecule has 0 bridgehead atoms. The van der Waals surface area contributed by atoms with Gasteiger partial charge in [-0.05, 0) is 109 Å². The van der Waals surface area contributed by atoms with E-state index in [-0.39, 0.29) is 43.6 Å². The van der Waals surface area contributed by atoms with Crippen molar-refractivity contribution in [2.24, 2.45) is 5.73 Å². The number of hydrogen-bond donors (Lipinski definition) is 4. The van der Waals surface area contributed by atoms with E-state index >= 15 is 0 Å². The molecule has 0 fully saturated rings. The molecule has 13 nitrogen and oxygen atoms in total. The van der Waals surface area contributed by atoms with Crippen LogP contribution < -0.4 is 22.1 Å². The summed E-state index contributed by atoms with van der Waals surface area (Å²) in [6.07, 6.45) is 13.6.